The van der Waals surface area contributed by atoms with Crippen LogP contribution in [0.2, 0.25) is 0 Å². The highest BCUT2D eigenvalue weighted by Crippen LogP contribution is 2.44. The Morgan fingerprint density at radius 2 is 1.84 bits per heavy atom. The number of benzene rings is 1. The van der Waals surface area contributed by atoms with E-state index in [2.05, 4.69) is 10.3 Å². The first kappa shape index (κ1) is 24.3. The Kier molecular flexibility index (Phi) is 7.00. The van der Waals surface area contributed by atoms with E-state index < -0.39 is 38.5 Å². The van der Waals surface area contributed by atoms with Gasteiger partial charge in [-0.1, -0.05) is 19.1 Å². The predicted molar refractivity (Wildman–Crippen MR) is 119 cm³/mol. The van der Waals surface area contributed by atoms with Crippen LogP contribution in [0.25, 0.3) is 0 Å². The number of nitrogens with zero attached hydrogens (tertiary/aromatic N) is 2. The molecule has 0 spiro atoms. The fourth-order valence-corrected chi connectivity index (χ4v) is 6.04. The molecule has 2 aromatic rings. The molecule has 6 nitrogen and oxygen atoms in total. The molecule has 3 rings (SSSR count). The lowest BCUT2D eigenvalue weighted by Crippen LogP contribution is -2.63. The maximum atomic E-state index is 14.2. The molecular formula is C23H29F2N3O3S. The molecule has 174 valence electrons. The van der Waals surface area contributed by atoms with Crippen LogP contribution in [0.5, 0.6) is 0 Å². The largest absolute Gasteiger partial charge is 0.346 e. The van der Waals surface area contributed by atoms with Crippen molar-refractivity contribution in [2.75, 3.05) is 18.8 Å². The first-order valence-electron chi connectivity index (χ1n) is 10.7. The fraction of sp³-hybridized carbons (Fsp3) is 0.478. The maximum Gasteiger partial charge on any atom is 0.254 e. The smallest absolute Gasteiger partial charge is 0.254 e. The van der Waals surface area contributed by atoms with E-state index in [0.29, 0.717) is 19.3 Å². The Morgan fingerprint density at radius 1 is 1.16 bits per heavy atom. The zero-order valence-corrected chi connectivity index (χ0v) is 19.4. The summed E-state index contributed by atoms with van der Waals surface area (Å²) in [6, 6.07) is 8.95. The van der Waals surface area contributed by atoms with Gasteiger partial charge in [-0.15, -0.1) is 0 Å². The molecule has 0 unspecified atom stereocenters. The average molecular weight is 466 g/mol. The Labute approximate surface area is 188 Å². The molecular weight excluding hydrogens is 436 g/mol. The topological polar surface area (TPSA) is 79.4 Å². The van der Waals surface area contributed by atoms with Crippen molar-refractivity contribution in [2.45, 2.75) is 51.0 Å². The molecule has 0 atom stereocenters. The van der Waals surface area contributed by atoms with Crippen LogP contribution >= 0.6 is 0 Å². The summed E-state index contributed by atoms with van der Waals surface area (Å²) >= 11 is 0. The van der Waals surface area contributed by atoms with Crippen LogP contribution in [0.1, 0.15) is 56.1 Å². The Bertz CT molecular complexity index is 1070. The maximum absolute atomic E-state index is 14.2. The molecule has 0 saturated carbocycles. The second kappa shape index (κ2) is 9.23. The van der Waals surface area contributed by atoms with E-state index in [4.69, 9.17) is 0 Å². The summed E-state index contributed by atoms with van der Waals surface area (Å²) in [5.41, 5.74) is -1.29. The van der Waals surface area contributed by atoms with Gasteiger partial charge in [-0.3, -0.25) is 9.78 Å². The second-order valence-electron chi connectivity index (χ2n) is 8.69. The van der Waals surface area contributed by atoms with E-state index in [9.17, 15) is 22.0 Å². The average Bonchev–Trinajstić information content (AvgIpc) is 2.75. The number of rotatable bonds is 7. The van der Waals surface area contributed by atoms with Gasteiger partial charge in [0.25, 0.3) is 5.91 Å². The first-order chi connectivity index (χ1) is 15.0. The van der Waals surface area contributed by atoms with Crippen molar-refractivity contribution in [2.24, 2.45) is 0 Å². The molecule has 1 fully saturated rings. The number of carbonyl (C=O) groups is 1. The molecule has 1 saturated heterocycles. The minimum atomic E-state index is -3.35. The van der Waals surface area contributed by atoms with E-state index in [-0.39, 0.29) is 24.4 Å². The molecule has 1 aliphatic heterocycles. The zero-order chi connectivity index (χ0) is 23.6. The van der Waals surface area contributed by atoms with Gasteiger partial charge in [-0.25, -0.2) is 21.5 Å². The number of pyridine rings is 1. The SMILES string of the molecule is CCCS(=O)(=O)N1CCC(c2ccccn2)(C(C)(C)NC(=O)c2cccc(F)c2F)CC1. The van der Waals surface area contributed by atoms with Crippen molar-refractivity contribution in [3.63, 3.8) is 0 Å². The van der Waals surface area contributed by atoms with Crippen LogP contribution in [-0.2, 0) is 15.4 Å². The lowest BCUT2D eigenvalue weighted by molar-refractivity contribution is 0.0766. The number of nitrogens with one attached hydrogen (secondary N) is 1. The normalized spacial score (nSPS) is 17.2. The van der Waals surface area contributed by atoms with Gasteiger partial charge < -0.3 is 5.32 Å². The Hall–Kier alpha value is -2.39. The second-order valence-corrected chi connectivity index (χ2v) is 10.8. The summed E-state index contributed by atoms with van der Waals surface area (Å²) in [5.74, 6) is -2.94. The fourth-order valence-electron chi connectivity index (χ4n) is 4.53. The van der Waals surface area contributed by atoms with Crippen LogP contribution in [0.4, 0.5) is 8.78 Å². The third kappa shape index (κ3) is 4.54. The predicted octanol–water partition coefficient (Wildman–Crippen LogP) is 3.64. The van der Waals surface area contributed by atoms with E-state index in [1.807, 2.05) is 32.9 Å². The molecule has 1 aromatic heterocycles. The van der Waals surface area contributed by atoms with Crippen molar-refractivity contribution in [3.05, 3.63) is 65.5 Å². The van der Waals surface area contributed by atoms with Crippen molar-refractivity contribution in [3.8, 4) is 0 Å². The third-order valence-electron chi connectivity index (χ3n) is 6.41. The van der Waals surface area contributed by atoms with Gasteiger partial charge >= 0.3 is 0 Å². The molecule has 1 N–H and O–H groups in total. The number of aromatic nitrogens is 1. The molecule has 2 heterocycles. The first-order valence-corrected chi connectivity index (χ1v) is 12.3. The summed E-state index contributed by atoms with van der Waals surface area (Å²) in [6.07, 6.45) is 3.03. The van der Waals surface area contributed by atoms with Gasteiger partial charge in [0.1, 0.15) is 0 Å². The van der Waals surface area contributed by atoms with Gasteiger partial charge in [0, 0.05) is 35.9 Å². The van der Waals surface area contributed by atoms with Gasteiger partial charge in [0.05, 0.1) is 11.3 Å². The number of hydrogen-bond acceptors (Lipinski definition) is 4. The quantitative estimate of drug-likeness (QED) is 0.677. The molecule has 1 aromatic carbocycles. The minimum absolute atomic E-state index is 0.0859. The minimum Gasteiger partial charge on any atom is -0.346 e. The number of amides is 1. The summed E-state index contributed by atoms with van der Waals surface area (Å²) in [4.78, 5) is 17.4. The highest BCUT2D eigenvalue weighted by atomic mass is 32.2. The van der Waals surface area contributed by atoms with E-state index >= 15 is 0 Å². The summed E-state index contributed by atoms with van der Waals surface area (Å²) in [5, 5.41) is 2.87. The lowest BCUT2D eigenvalue weighted by atomic mass is 9.63. The van der Waals surface area contributed by atoms with Crippen LogP contribution in [0, 0.1) is 11.6 Å². The van der Waals surface area contributed by atoms with Crippen LogP contribution < -0.4 is 5.32 Å². The van der Waals surface area contributed by atoms with Crippen molar-refractivity contribution in [1.82, 2.24) is 14.6 Å². The van der Waals surface area contributed by atoms with Crippen molar-refractivity contribution in [1.29, 1.82) is 0 Å². The van der Waals surface area contributed by atoms with E-state index in [0.717, 1.165) is 11.8 Å². The molecule has 9 heteroatoms. The highest BCUT2D eigenvalue weighted by Gasteiger charge is 2.51. The van der Waals surface area contributed by atoms with Crippen molar-refractivity contribution < 1.29 is 22.0 Å². The molecule has 1 amide bonds. The molecule has 0 bridgehead atoms. The Morgan fingerprint density at radius 3 is 2.44 bits per heavy atom. The molecule has 1 aliphatic rings. The zero-order valence-electron chi connectivity index (χ0n) is 18.6. The highest BCUT2D eigenvalue weighted by molar-refractivity contribution is 7.89. The molecule has 32 heavy (non-hydrogen) atoms. The monoisotopic (exact) mass is 465 g/mol. The van der Waals surface area contributed by atoms with Crippen LogP contribution in [0.3, 0.4) is 0 Å². The van der Waals surface area contributed by atoms with Gasteiger partial charge in [-0.05, 0) is 57.4 Å². The molecule has 0 radical (unpaired) electrons. The van der Waals surface area contributed by atoms with E-state index in [1.54, 1.807) is 12.3 Å². The van der Waals surface area contributed by atoms with Gasteiger partial charge in [0.15, 0.2) is 11.6 Å². The third-order valence-corrected chi connectivity index (χ3v) is 8.48. The Balaban J connectivity index is 1.94. The number of sulfonamides is 1. The number of carbonyl (C=O) groups excluding carboxylic acids is 1. The summed E-state index contributed by atoms with van der Waals surface area (Å²) in [7, 11) is -3.35. The molecule has 0 aliphatic carbocycles. The number of halogens is 2. The standard InChI is InChI=1S/C23H29F2N3O3S/c1-4-16-32(30,31)28-14-11-23(12-15-28,19-10-5-6-13-26-19)22(2,3)27-21(29)17-8-7-9-18(24)20(17)25/h5-10,13H,4,11-12,14-16H2,1-3H3,(H,27,29). The number of hydrogen-bond donors (Lipinski definition) is 1. The van der Waals surface area contributed by atoms with Gasteiger partial charge in [0.2, 0.25) is 10.0 Å². The van der Waals surface area contributed by atoms with Gasteiger partial charge in [-0.2, -0.15) is 0 Å². The number of piperidine rings is 1. The summed E-state index contributed by atoms with van der Waals surface area (Å²) < 4.78 is 54.5. The van der Waals surface area contributed by atoms with E-state index in [1.165, 1.54) is 16.4 Å². The van der Waals surface area contributed by atoms with Crippen molar-refractivity contribution >= 4 is 15.9 Å². The summed E-state index contributed by atoms with van der Waals surface area (Å²) in [6.45, 7) is 6.02. The lowest BCUT2D eigenvalue weighted by Gasteiger charge is -2.51. The van der Waals surface area contributed by atoms with Crippen LogP contribution in [-0.4, -0.2) is 48.0 Å². The van der Waals surface area contributed by atoms with Crippen LogP contribution in [0.15, 0.2) is 42.6 Å².